The summed E-state index contributed by atoms with van der Waals surface area (Å²) in [4.78, 5) is 15.4. The molecule has 0 heterocycles. The SMILES string of the molecule is CCC(CC)O[C@@H]1C=C([B-](F)(F)F)C[C@H](N=C(N)N)[C@H]1NC(C)=O.[K+]. The molecule has 0 saturated heterocycles. The van der Waals surface area contributed by atoms with Crippen molar-refractivity contribution in [1.82, 2.24) is 5.32 Å². The topological polar surface area (TPSA) is 103 Å². The minimum Gasteiger partial charge on any atom is -0.445 e. The molecule has 0 aromatic carbocycles. The van der Waals surface area contributed by atoms with Gasteiger partial charge in [-0.1, -0.05) is 19.9 Å². The van der Waals surface area contributed by atoms with Crippen LogP contribution in [-0.2, 0) is 9.53 Å². The van der Waals surface area contributed by atoms with Gasteiger partial charge in [-0.2, -0.15) is 0 Å². The van der Waals surface area contributed by atoms with Crippen molar-refractivity contribution in [3.63, 3.8) is 0 Å². The van der Waals surface area contributed by atoms with E-state index in [0.717, 1.165) is 6.08 Å². The van der Waals surface area contributed by atoms with Crippen molar-refractivity contribution in [3.8, 4) is 0 Å². The smallest absolute Gasteiger partial charge is 0.445 e. The summed E-state index contributed by atoms with van der Waals surface area (Å²) in [5.74, 6) is -0.712. The molecule has 25 heavy (non-hydrogen) atoms. The van der Waals surface area contributed by atoms with Crippen molar-refractivity contribution >= 4 is 18.8 Å². The molecule has 1 amide bonds. The largest absolute Gasteiger partial charge is 1.00 e. The zero-order valence-electron chi connectivity index (χ0n) is 15.1. The Kier molecular flexibility index (Phi) is 10.9. The van der Waals surface area contributed by atoms with Gasteiger partial charge in [-0.05, 0) is 19.3 Å². The van der Waals surface area contributed by atoms with Gasteiger partial charge in [0.2, 0.25) is 5.91 Å². The second-order valence-corrected chi connectivity index (χ2v) is 5.91. The first-order valence-corrected chi connectivity index (χ1v) is 8.00. The van der Waals surface area contributed by atoms with Gasteiger partial charge in [0.25, 0.3) is 0 Å². The van der Waals surface area contributed by atoms with Crippen LogP contribution in [0.1, 0.15) is 40.0 Å². The molecule has 0 saturated carbocycles. The Morgan fingerprint density at radius 1 is 1.40 bits per heavy atom. The number of hydrogen-bond donors (Lipinski definition) is 3. The van der Waals surface area contributed by atoms with E-state index in [0.29, 0.717) is 12.8 Å². The first-order valence-electron chi connectivity index (χ1n) is 8.00. The fraction of sp³-hybridized carbons (Fsp3) is 0.714. The Labute approximate surface area is 188 Å². The predicted molar refractivity (Wildman–Crippen MR) is 88.2 cm³/mol. The third kappa shape index (κ3) is 8.00. The molecule has 0 fully saturated rings. The minimum absolute atomic E-state index is 0. The summed E-state index contributed by atoms with van der Waals surface area (Å²) in [6.07, 6.45) is 0.786. The van der Waals surface area contributed by atoms with Crippen LogP contribution in [0.4, 0.5) is 12.9 Å². The molecule has 1 aliphatic rings. The summed E-state index contributed by atoms with van der Waals surface area (Å²) >= 11 is 0. The molecule has 0 aromatic rings. The molecule has 0 aromatic heterocycles. The first kappa shape index (κ1) is 24.9. The monoisotopic (exact) mass is 388 g/mol. The summed E-state index contributed by atoms with van der Waals surface area (Å²) in [6, 6.07) is -1.69. The van der Waals surface area contributed by atoms with Crippen LogP contribution >= 0.6 is 0 Å². The fourth-order valence-electron chi connectivity index (χ4n) is 2.77. The molecule has 0 radical (unpaired) electrons. The number of nitrogens with two attached hydrogens (primary N) is 2. The van der Waals surface area contributed by atoms with Crippen molar-refractivity contribution in [3.05, 3.63) is 11.5 Å². The van der Waals surface area contributed by atoms with Crippen molar-refractivity contribution in [2.24, 2.45) is 16.5 Å². The van der Waals surface area contributed by atoms with E-state index in [1.807, 2.05) is 13.8 Å². The zero-order valence-corrected chi connectivity index (χ0v) is 18.3. The third-order valence-corrected chi connectivity index (χ3v) is 3.96. The Bertz CT molecular complexity index is 509. The third-order valence-electron chi connectivity index (χ3n) is 3.96. The van der Waals surface area contributed by atoms with E-state index in [1.165, 1.54) is 6.92 Å². The van der Waals surface area contributed by atoms with E-state index in [1.54, 1.807) is 0 Å². The number of rotatable bonds is 7. The molecule has 11 heteroatoms. The molecule has 5 N–H and O–H groups in total. The van der Waals surface area contributed by atoms with E-state index < -0.39 is 37.1 Å². The molecule has 0 bridgehead atoms. The van der Waals surface area contributed by atoms with Gasteiger partial charge in [0.1, 0.15) is 0 Å². The number of ether oxygens (including phenoxy) is 1. The van der Waals surface area contributed by atoms with Crippen LogP contribution in [0.2, 0.25) is 0 Å². The van der Waals surface area contributed by atoms with Gasteiger partial charge in [-0.3, -0.25) is 4.79 Å². The molecule has 3 atom stereocenters. The number of halogens is 3. The van der Waals surface area contributed by atoms with Crippen LogP contribution in [0.25, 0.3) is 0 Å². The van der Waals surface area contributed by atoms with Crippen LogP contribution < -0.4 is 68.2 Å². The van der Waals surface area contributed by atoms with E-state index in [9.17, 15) is 17.7 Å². The Balaban J connectivity index is 0.00000576. The predicted octanol–water partition coefficient (Wildman–Crippen LogP) is -1.57. The molecule has 0 unspecified atom stereocenters. The number of carbonyl (C=O) groups excluding carboxylic acids is 1. The standard InChI is InChI=1S/C14H25BF3N4O2.K/c1-4-10(5-2)24-12-7-9(15(16,17)18)6-11(22-14(19)20)13(12)21-8(3)23;/h7,10-13H,4-6H2,1-3H3,(H,21,23)(H4,19,20,22);/q-1;+1/t11-,12+,13+;/m0./s1. The number of hydrogen-bond acceptors (Lipinski definition) is 3. The summed E-state index contributed by atoms with van der Waals surface area (Å²) in [5.41, 5.74) is 10.0. The van der Waals surface area contributed by atoms with Crippen molar-refractivity contribution in [2.45, 2.75) is 64.3 Å². The van der Waals surface area contributed by atoms with Crippen LogP contribution in [0, 0.1) is 0 Å². The molecule has 6 nitrogen and oxygen atoms in total. The van der Waals surface area contributed by atoms with Crippen LogP contribution in [0.15, 0.2) is 16.5 Å². The Morgan fingerprint density at radius 2 is 1.96 bits per heavy atom. The second-order valence-electron chi connectivity index (χ2n) is 5.91. The number of carbonyl (C=O) groups is 1. The maximum absolute atomic E-state index is 13.3. The zero-order chi connectivity index (χ0) is 18.5. The van der Waals surface area contributed by atoms with E-state index in [4.69, 9.17) is 16.2 Å². The average molecular weight is 388 g/mol. The number of nitrogens with one attached hydrogen (secondary N) is 1. The number of aliphatic imine (C=N–C) groups is 1. The van der Waals surface area contributed by atoms with E-state index >= 15 is 0 Å². The van der Waals surface area contributed by atoms with Gasteiger partial charge in [-0.15, -0.1) is 5.47 Å². The maximum Gasteiger partial charge on any atom is 1.00 e. The molecule has 0 spiro atoms. The second kappa shape index (κ2) is 10.9. The van der Waals surface area contributed by atoms with Gasteiger partial charge in [0, 0.05) is 6.92 Å². The number of nitrogens with zero attached hydrogens (tertiary/aromatic N) is 1. The Hall–Kier alpha value is -0.0687. The number of amides is 1. The van der Waals surface area contributed by atoms with Gasteiger partial charge < -0.3 is 34.5 Å². The molecular weight excluding hydrogens is 363 g/mol. The summed E-state index contributed by atoms with van der Waals surface area (Å²) in [7, 11) is 0. The van der Waals surface area contributed by atoms with Crippen molar-refractivity contribution in [1.29, 1.82) is 0 Å². The first-order chi connectivity index (χ1) is 11.1. The van der Waals surface area contributed by atoms with Crippen LogP contribution in [0.3, 0.4) is 0 Å². The van der Waals surface area contributed by atoms with Gasteiger partial charge in [0.05, 0.1) is 24.3 Å². The molecular formula is C14H25BF3KN4O2. The molecule has 1 rings (SSSR count). The van der Waals surface area contributed by atoms with Crippen LogP contribution in [0.5, 0.6) is 0 Å². The number of guanidine groups is 1. The molecule has 138 valence electrons. The van der Waals surface area contributed by atoms with Gasteiger partial charge >= 0.3 is 58.4 Å². The maximum atomic E-state index is 13.3. The fourth-order valence-corrected chi connectivity index (χ4v) is 2.77. The van der Waals surface area contributed by atoms with E-state index in [-0.39, 0.29) is 69.4 Å². The van der Waals surface area contributed by atoms with E-state index in [2.05, 4.69) is 10.3 Å². The normalized spacial score (nSPS) is 23.5. The summed E-state index contributed by atoms with van der Waals surface area (Å²) in [5, 5.41) is 2.63. The summed E-state index contributed by atoms with van der Waals surface area (Å²) < 4.78 is 45.6. The Morgan fingerprint density at radius 3 is 2.36 bits per heavy atom. The van der Waals surface area contributed by atoms with Gasteiger partial charge in [0.15, 0.2) is 5.96 Å². The average Bonchev–Trinajstić information content (AvgIpc) is 2.45. The van der Waals surface area contributed by atoms with Crippen molar-refractivity contribution in [2.75, 3.05) is 0 Å². The minimum atomic E-state index is -5.18. The molecule has 1 aliphatic carbocycles. The quantitative estimate of drug-likeness (QED) is 0.279. The summed E-state index contributed by atoms with van der Waals surface area (Å²) in [6.45, 7) is -0.129. The van der Waals surface area contributed by atoms with Gasteiger partial charge in [-0.25, -0.2) is 4.99 Å². The van der Waals surface area contributed by atoms with Crippen LogP contribution in [-0.4, -0.2) is 43.1 Å². The van der Waals surface area contributed by atoms with Crippen molar-refractivity contribution < 1.29 is 73.9 Å². The molecule has 0 aliphatic heterocycles.